The van der Waals surface area contributed by atoms with Crippen LogP contribution < -0.4 is 10.1 Å². The third kappa shape index (κ3) is 5.98. The number of aliphatic hydroxyl groups is 1. The van der Waals surface area contributed by atoms with Crippen molar-refractivity contribution in [2.75, 3.05) is 6.54 Å². The predicted octanol–water partition coefficient (Wildman–Crippen LogP) is 3.13. The standard InChI is InChI=1S/C18H23NO2/c1-18(2,20)14-19-12-15-8-10-17(11-9-15)21-13-16-6-4-3-5-7-16/h3-11,19-20H,12-14H2,1-2H3. The average Bonchev–Trinajstić information content (AvgIpc) is 2.46. The topological polar surface area (TPSA) is 41.5 Å². The van der Waals surface area contributed by atoms with E-state index in [2.05, 4.69) is 17.4 Å². The van der Waals surface area contributed by atoms with Crippen LogP contribution in [0.2, 0.25) is 0 Å². The first kappa shape index (κ1) is 15.5. The minimum absolute atomic E-state index is 0.569. The van der Waals surface area contributed by atoms with E-state index in [1.807, 2.05) is 42.5 Å². The lowest BCUT2D eigenvalue weighted by Gasteiger charge is -2.17. The molecule has 0 heterocycles. The van der Waals surface area contributed by atoms with Gasteiger partial charge in [0.15, 0.2) is 0 Å². The van der Waals surface area contributed by atoms with Crippen molar-refractivity contribution in [3.8, 4) is 5.75 Å². The Bertz CT molecular complexity index is 529. The van der Waals surface area contributed by atoms with Crippen LogP contribution in [-0.4, -0.2) is 17.3 Å². The highest BCUT2D eigenvalue weighted by atomic mass is 16.5. The van der Waals surface area contributed by atoms with Crippen LogP contribution in [0.25, 0.3) is 0 Å². The molecule has 0 atom stereocenters. The van der Waals surface area contributed by atoms with Crippen LogP contribution in [0.4, 0.5) is 0 Å². The van der Waals surface area contributed by atoms with Gasteiger partial charge in [-0.15, -0.1) is 0 Å². The summed E-state index contributed by atoms with van der Waals surface area (Å²) < 4.78 is 5.75. The van der Waals surface area contributed by atoms with Crippen molar-refractivity contribution < 1.29 is 9.84 Å². The minimum Gasteiger partial charge on any atom is -0.489 e. The summed E-state index contributed by atoms with van der Waals surface area (Å²) in [6.45, 7) is 5.47. The van der Waals surface area contributed by atoms with Crippen molar-refractivity contribution in [3.05, 3.63) is 65.7 Å². The Hall–Kier alpha value is -1.84. The monoisotopic (exact) mass is 285 g/mol. The fraction of sp³-hybridized carbons (Fsp3) is 0.333. The van der Waals surface area contributed by atoms with Gasteiger partial charge in [0.25, 0.3) is 0 Å². The van der Waals surface area contributed by atoms with Gasteiger partial charge in [0.1, 0.15) is 12.4 Å². The largest absolute Gasteiger partial charge is 0.489 e. The van der Waals surface area contributed by atoms with Gasteiger partial charge in [0.2, 0.25) is 0 Å². The van der Waals surface area contributed by atoms with E-state index in [-0.39, 0.29) is 0 Å². The number of nitrogens with one attached hydrogen (secondary N) is 1. The molecule has 0 saturated heterocycles. The van der Waals surface area contributed by atoms with Crippen molar-refractivity contribution >= 4 is 0 Å². The summed E-state index contributed by atoms with van der Waals surface area (Å²) in [6, 6.07) is 18.2. The van der Waals surface area contributed by atoms with Gasteiger partial charge in [-0.05, 0) is 37.1 Å². The molecule has 2 aromatic carbocycles. The molecule has 3 nitrogen and oxygen atoms in total. The normalized spacial score (nSPS) is 11.4. The summed E-state index contributed by atoms with van der Waals surface area (Å²) in [6.07, 6.45) is 0. The van der Waals surface area contributed by atoms with E-state index in [0.717, 1.165) is 17.9 Å². The Labute approximate surface area is 126 Å². The molecule has 0 fully saturated rings. The molecule has 0 unspecified atom stereocenters. The summed E-state index contributed by atoms with van der Waals surface area (Å²) in [7, 11) is 0. The highest BCUT2D eigenvalue weighted by Gasteiger charge is 2.10. The second-order valence-corrected chi connectivity index (χ2v) is 5.83. The van der Waals surface area contributed by atoms with Gasteiger partial charge in [-0.2, -0.15) is 0 Å². The molecule has 0 spiro atoms. The summed E-state index contributed by atoms with van der Waals surface area (Å²) in [5, 5.41) is 12.9. The highest BCUT2D eigenvalue weighted by Crippen LogP contribution is 2.14. The third-order valence-electron chi connectivity index (χ3n) is 3.06. The Morgan fingerprint density at radius 3 is 2.24 bits per heavy atom. The summed E-state index contributed by atoms with van der Waals surface area (Å²) in [5.74, 6) is 0.866. The molecule has 0 aliphatic heterocycles. The van der Waals surface area contributed by atoms with E-state index in [9.17, 15) is 5.11 Å². The molecule has 0 amide bonds. The second kappa shape index (κ2) is 7.25. The first-order valence-electron chi connectivity index (χ1n) is 7.22. The molecule has 2 aromatic rings. The van der Waals surface area contributed by atoms with E-state index in [0.29, 0.717) is 13.2 Å². The van der Waals surface area contributed by atoms with E-state index in [1.54, 1.807) is 13.8 Å². The zero-order chi connectivity index (χ0) is 15.1. The molecular weight excluding hydrogens is 262 g/mol. The Kier molecular flexibility index (Phi) is 5.37. The molecule has 0 aliphatic rings. The average molecular weight is 285 g/mol. The van der Waals surface area contributed by atoms with Crippen molar-refractivity contribution in [1.82, 2.24) is 5.32 Å². The highest BCUT2D eigenvalue weighted by molar-refractivity contribution is 5.27. The second-order valence-electron chi connectivity index (χ2n) is 5.83. The first-order valence-corrected chi connectivity index (χ1v) is 7.22. The number of ether oxygens (including phenoxy) is 1. The number of hydrogen-bond acceptors (Lipinski definition) is 3. The van der Waals surface area contributed by atoms with Crippen LogP contribution in [-0.2, 0) is 13.2 Å². The van der Waals surface area contributed by atoms with Gasteiger partial charge in [0.05, 0.1) is 5.60 Å². The van der Waals surface area contributed by atoms with Crippen LogP contribution in [0.15, 0.2) is 54.6 Å². The maximum Gasteiger partial charge on any atom is 0.119 e. The van der Waals surface area contributed by atoms with E-state index in [1.165, 1.54) is 5.56 Å². The van der Waals surface area contributed by atoms with Gasteiger partial charge in [-0.1, -0.05) is 42.5 Å². The molecule has 0 aliphatic carbocycles. The molecular formula is C18H23NO2. The summed E-state index contributed by atoms with van der Waals surface area (Å²) in [4.78, 5) is 0. The van der Waals surface area contributed by atoms with Crippen molar-refractivity contribution in [2.24, 2.45) is 0 Å². The maximum atomic E-state index is 9.64. The molecule has 3 heteroatoms. The molecule has 112 valence electrons. The minimum atomic E-state index is -0.682. The van der Waals surface area contributed by atoms with Gasteiger partial charge >= 0.3 is 0 Å². The lowest BCUT2D eigenvalue weighted by atomic mass is 10.1. The molecule has 21 heavy (non-hydrogen) atoms. The van der Waals surface area contributed by atoms with Crippen LogP contribution in [0.1, 0.15) is 25.0 Å². The van der Waals surface area contributed by atoms with Gasteiger partial charge in [-0.3, -0.25) is 0 Å². The van der Waals surface area contributed by atoms with Crippen molar-refractivity contribution in [2.45, 2.75) is 32.6 Å². The lowest BCUT2D eigenvalue weighted by Crippen LogP contribution is -2.34. The summed E-state index contributed by atoms with van der Waals surface area (Å²) >= 11 is 0. The number of hydrogen-bond donors (Lipinski definition) is 2. The fourth-order valence-corrected chi connectivity index (χ4v) is 1.96. The SMILES string of the molecule is CC(C)(O)CNCc1ccc(OCc2ccccc2)cc1. The van der Waals surface area contributed by atoms with Crippen LogP contribution in [0.5, 0.6) is 5.75 Å². The quantitative estimate of drug-likeness (QED) is 0.821. The molecule has 0 saturated carbocycles. The summed E-state index contributed by atoms with van der Waals surface area (Å²) in [5.41, 5.74) is 1.65. The molecule has 0 radical (unpaired) electrons. The van der Waals surface area contributed by atoms with Gasteiger partial charge in [0, 0.05) is 13.1 Å². The van der Waals surface area contributed by atoms with Gasteiger partial charge < -0.3 is 15.2 Å². The molecule has 2 rings (SSSR count). The van der Waals surface area contributed by atoms with Crippen molar-refractivity contribution in [1.29, 1.82) is 0 Å². The van der Waals surface area contributed by atoms with E-state index >= 15 is 0 Å². The van der Waals surface area contributed by atoms with Crippen molar-refractivity contribution in [3.63, 3.8) is 0 Å². The maximum absolute atomic E-state index is 9.64. The van der Waals surface area contributed by atoms with E-state index < -0.39 is 5.60 Å². The molecule has 0 bridgehead atoms. The zero-order valence-electron chi connectivity index (χ0n) is 12.7. The lowest BCUT2D eigenvalue weighted by molar-refractivity contribution is 0.0795. The predicted molar refractivity (Wildman–Crippen MR) is 85.2 cm³/mol. The third-order valence-corrected chi connectivity index (χ3v) is 3.06. The number of rotatable bonds is 7. The zero-order valence-corrected chi connectivity index (χ0v) is 12.7. The molecule has 0 aromatic heterocycles. The Morgan fingerprint density at radius 1 is 0.952 bits per heavy atom. The van der Waals surface area contributed by atoms with Crippen LogP contribution >= 0.6 is 0 Å². The smallest absolute Gasteiger partial charge is 0.119 e. The van der Waals surface area contributed by atoms with Gasteiger partial charge in [-0.25, -0.2) is 0 Å². The Morgan fingerprint density at radius 2 is 1.62 bits per heavy atom. The first-order chi connectivity index (χ1) is 10.0. The van der Waals surface area contributed by atoms with Crippen LogP contribution in [0, 0.1) is 0 Å². The fourth-order valence-electron chi connectivity index (χ4n) is 1.96. The Balaban J connectivity index is 1.79. The number of benzene rings is 2. The van der Waals surface area contributed by atoms with E-state index in [4.69, 9.17) is 4.74 Å². The van der Waals surface area contributed by atoms with Crippen LogP contribution in [0.3, 0.4) is 0 Å². The molecule has 2 N–H and O–H groups in total.